The van der Waals surface area contributed by atoms with Crippen molar-refractivity contribution in [3.8, 4) is 0 Å². The maximum atomic E-state index is 11.7. The van der Waals surface area contributed by atoms with Crippen LogP contribution in [0, 0.1) is 0 Å². The van der Waals surface area contributed by atoms with Crippen LogP contribution in [0.4, 0.5) is 0 Å². The zero-order valence-corrected chi connectivity index (χ0v) is 10.8. The Hall–Kier alpha value is -0.710. The molecule has 0 fully saturated rings. The third-order valence-electron chi connectivity index (χ3n) is 2.20. The smallest absolute Gasteiger partial charge is 0.337 e. The van der Waals surface area contributed by atoms with Gasteiger partial charge in [0.25, 0.3) is 5.53 Å². The molecule has 0 saturated carbocycles. The molecule has 0 spiro atoms. The van der Waals surface area contributed by atoms with E-state index in [2.05, 4.69) is 0 Å². The lowest BCUT2D eigenvalue weighted by Gasteiger charge is -2.33. The number of benzene rings is 1. The Morgan fingerprint density at radius 3 is 1.94 bits per heavy atom. The highest BCUT2D eigenvalue weighted by molar-refractivity contribution is 7.52. The molecule has 17 heavy (non-hydrogen) atoms. The second kappa shape index (κ2) is 5.76. The van der Waals surface area contributed by atoms with Crippen molar-refractivity contribution in [2.75, 3.05) is 13.2 Å². The molecular weight excluding hydrogens is 243 g/mol. The van der Waals surface area contributed by atoms with Crippen molar-refractivity contribution in [2.24, 2.45) is 0 Å². The topological polar surface area (TPSA) is 76.0 Å². The third-order valence-corrected chi connectivity index (χ3v) is 3.49. The van der Waals surface area contributed by atoms with Gasteiger partial charge >= 0.3 is 7.60 Å². The van der Waals surface area contributed by atoms with Gasteiger partial charge in [0.2, 0.25) is 0 Å². The van der Waals surface area contributed by atoms with Crippen LogP contribution in [0.1, 0.15) is 19.4 Å². The van der Waals surface area contributed by atoms with Crippen molar-refractivity contribution >= 4 is 7.60 Å². The van der Waals surface area contributed by atoms with Crippen molar-refractivity contribution in [3.63, 3.8) is 0 Å². The monoisotopic (exact) mass is 260 g/mol. The number of hydrogen-bond acceptors (Lipinski definition) is 3. The van der Waals surface area contributed by atoms with Crippen LogP contribution in [0.5, 0.6) is 0 Å². The van der Waals surface area contributed by atoms with Crippen LogP contribution in [0.15, 0.2) is 30.3 Å². The molecule has 0 aliphatic heterocycles. The summed E-state index contributed by atoms with van der Waals surface area (Å²) in [6, 6.07) is 8.26. The summed E-state index contributed by atoms with van der Waals surface area (Å²) >= 11 is 0. The van der Waals surface area contributed by atoms with Gasteiger partial charge in [-0.25, -0.2) is 0 Å². The summed E-state index contributed by atoms with van der Waals surface area (Å²) in [7, 11) is -4.61. The van der Waals surface area contributed by atoms with Crippen molar-refractivity contribution in [3.05, 3.63) is 35.9 Å². The summed E-state index contributed by atoms with van der Waals surface area (Å²) in [5, 5.41) is 0. The lowest BCUT2D eigenvalue weighted by molar-refractivity contribution is -0.192. The molecule has 0 aliphatic rings. The SMILES string of the molecule is CCOC(OCC)(c1ccccc1)P(=O)(O)O. The number of rotatable bonds is 6. The van der Waals surface area contributed by atoms with Crippen LogP contribution in [0.3, 0.4) is 0 Å². The van der Waals surface area contributed by atoms with Gasteiger partial charge in [0.1, 0.15) is 0 Å². The maximum absolute atomic E-state index is 11.7. The van der Waals surface area contributed by atoms with Gasteiger partial charge in [0.05, 0.1) is 0 Å². The molecule has 0 radical (unpaired) electrons. The summed E-state index contributed by atoms with van der Waals surface area (Å²) in [4.78, 5) is 19.0. The Balaban J connectivity index is 3.30. The highest BCUT2D eigenvalue weighted by Gasteiger charge is 2.51. The Kier molecular flexibility index (Phi) is 4.86. The van der Waals surface area contributed by atoms with Gasteiger partial charge in [-0.15, -0.1) is 0 Å². The van der Waals surface area contributed by atoms with E-state index in [0.29, 0.717) is 5.56 Å². The van der Waals surface area contributed by atoms with Crippen molar-refractivity contribution in [2.45, 2.75) is 19.4 Å². The Labute approximate surface area is 101 Å². The molecule has 1 rings (SSSR count). The highest BCUT2D eigenvalue weighted by atomic mass is 31.2. The first-order valence-electron chi connectivity index (χ1n) is 5.37. The van der Waals surface area contributed by atoms with E-state index in [1.807, 2.05) is 0 Å². The van der Waals surface area contributed by atoms with E-state index < -0.39 is 13.1 Å². The standard InChI is InChI=1S/C11H17O5P/c1-3-15-11(16-4-2,17(12,13)14)10-8-6-5-7-9-10/h5-9H,3-4H2,1-2H3,(H2,12,13,14). The lowest BCUT2D eigenvalue weighted by Crippen LogP contribution is -2.33. The summed E-state index contributed by atoms with van der Waals surface area (Å²) < 4.78 is 22.1. The minimum atomic E-state index is -4.61. The van der Waals surface area contributed by atoms with Crippen LogP contribution >= 0.6 is 7.60 Å². The predicted octanol–water partition coefficient (Wildman–Crippen LogP) is 2.05. The zero-order valence-electron chi connectivity index (χ0n) is 9.87. The van der Waals surface area contributed by atoms with Crippen molar-refractivity contribution in [1.29, 1.82) is 0 Å². The fourth-order valence-corrected chi connectivity index (χ4v) is 2.66. The van der Waals surface area contributed by atoms with Gasteiger partial charge in [-0.3, -0.25) is 4.57 Å². The minimum absolute atomic E-state index is 0.139. The molecule has 6 heteroatoms. The van der Waals surface area contributed by atoms with Crippen LogP contribution in [-0.2, 0) is 19.6 Å². The van der Waals surface area contributed by atoms with Crippen LogP contribution in [0.25, 0.3) is 0 Å². The van der Waals surface area contributed by atoms with E-state index in [1.54, 1.807) is 44.2 Å². The van der Waals surface area contributed by atoms with E-state index >= 15 is 0 Å². The van der Waals surface area contributed by atoms with Gasteiger partial charge in [-0.05, 0) is 13.8 Å². The quantitative estimate of drug-likeness (QED) is 0.604. The Bertz CT molecular complexity index is 380. The number of hydrogen-bond donors (Lipinski definition) is 2. The van der Waals surface area contributed by atoms with Gasteiger partial charge < -0.3 is 19.3 Å². The molecule has 1 aromatic carbocycles. The molecular formula is C11H17O5P. The molecule has 0 bridgehead atoms. The van der Waals surface area contributed by atoms with Crippen molar-refractivity contribution in [1.82, 2.24) is 0 Å². The molecule has 2 N–H and O–H groups in total. The molecule has 1 aromatic rings. The second-order valence-electron chi connectivity index (χ2n) is 3.36. The van der Waals surface area contributed by atoms with E-state index in [4.69, 9.17) is 9.47 Å². The molecule has 0 aromatic heterocycles. The fourth-order valence-electron chi connectivity index (χ4n) is 1.58. The van der Waals surface area contributed by atoms with Crippen LogP contribution in [0.2, 0.25) is 0 Å². The molecule has 0 saturated heterocycles. The lowest BCUT2D eigenvalue weighted by atomic mass is 10.2. The molecule has 0 aliphatic carbocycles. The summed E-state index contributed by atoms with van der Waals surface area (Å²) in [5.41, 5.74) is -1.69. The molecule has 0 atom stereocenters. The first-order chi connectivity index (χ1) is 7.98. The number of ether oxygens (including phenoxy) is 2. The molecule has 5 nitrogen and oxygen atoms in total. The predicted molar refractivity (Wildman–Crippen MR) is 63.4 cm³/mol. The van der Waals surface area contributed by atoms with Crippen LogP contribution in [-0.4, -0.2) is 23.0 Å². The fraction of sp³-hybridized carbons (Fsp3) is 0.455. The molecule has 0 heterocycles. The molecule has 96 valence electrons. The van der Waals surface area contributed by atoms with Crippen LogP contribution < -0.4 is 0 Å². The third kappa shape index (κ3) is 2.94. The Morgan fingerprint density at radius 2 is 1.59 bits per heavy atom. The maximum Gasteiger partial charge on any atom is 0.389 e. The highest BCUT2D eigenvalue weighted by Crippen LogP contribution is 2.58. The van der Waals surface area contributed by atoms with Crippen molar-refractivity contribution < 1.29 is 23.8 Å². The molecule has 0 amide bonds. The molecule has 0 unspecified atom stereocenters. The summed E-state index contributed by atoms with van der Waals surface area (Å²) in [6.07, 6.45) is 0. The summed E-state index contributed by atoms with van der Waals surface area (Å²) in [5.74, 6) is 0. The largest absolute Gasteiger partial charge is 0.389 e. The average Bonchev–Trinajstić information content (AvgIpc) is 2.28. The van der Waals surface area contributed by atoms with E-state index in [-0.39, 0.29) is 13.2 Å². The van der Waals surface area contributed by atoms with E-state index in [1.165, 1.54) is 0 Å². The Morgan fingerprint density at radius 1 is 1.12 bits per heavy atom. The first-order valence-corrected chi connectivity index (χ1v) is 6.98. The summed E-state index contributed by atoms with van der Waals surface area (Å²) in [6.45, 7) is 3.60. The average molecular weight is 260 g/mol. The van der Waals surface area contributed by atoms with Gasteiger partial charge in [-0.2, -0.15) is 0 Å². The second-order valence-corrected chi connectivity index (χ2v) is 5.03. The van der Waals surface area contributed by atoms with E-state index in [9.17, 15) is 14.4 Å². The van der Waals surface area contributed by atoms with Gasteiger partial charge in [0.15, 0.2) is 0 Å². The normalized spacial score (nSPS) is 12.7. The zero-order chi connectivity index (χ0) is 12.9. The van der Waals surface area contributed by atoms with Gasteiger partial charge in [-0.1, -0.05) is 30.3 Å². The first kappa shape index (κ1) is 14.4. The van der Waals surface area contributed by atoms with Gasteiger partial charge in [0, 0.05) is 18.8 Å². The minimum Gasteiger partial charge on any atom is -0.337 e. The van der Waals surface area contributed by atoms with E-state index in [0.717, 1.165) is 0 Å².